The maximum Gasteiger partial charge on any atom is 0.541 e. The molecule has 1 rings (SSSR count). The minimum absolute atomic E-state index is 0.541. The molecule has 0 saturated carbocycles. The van der Waals surface area contributed by atoms with Crippen LogP contribution < -0.4 is 0 Å². The third kappa shape index (κ3) is 2.50. The Bertz CT molecular complexity index is 465. The first-order valence-corrected chi connectivity index (χ1v) is 4.21. The molecule has 1 unspecified atom stereocenters. The fourth-order valence-corrected chi connectivity index (χ4v) is 1.11. The van der Waals surface area contributed by atoms with Crippen molar-refractivity contribution in [3.63, 3.8) is 0 Å². The molecule has 0 radical (unpaired) electrons. The fourth-order valence-electron chi connectivity index (χ4n) is 1.11. The van der Waals surface area contributed by atoms with Crippen molar-refractivity contribution >= 4 is 5.69 Å². The van der Waals surface area contributed by atoms with E-state index in [0.717, 1.165) is 18.2 Å². The highest BCUT2D eigenvalue weighted by Gasteiger charge is 2.53. The summed E-state index contributed by atoms with van der Waals surface area (Å²) < 4.78 is 25.7. The summed E-state index contributed by atoms with van der Waals surface area (Å²) in [6.45, 7) is 0. The predicted molar refractivity (Wildman–Crippen MR) is 50.0 cm³/mol. The summed E-state index contributed by atoms with van der Waals surface area (Å²) in [7, 11) is 0. The van der Waals surface area contributed by atoms with Crippen LogP contribution in [0.15, 0.2) is 24.3 Å². The molecule has 1 aromatic carbocycles. The molecule has 9 heteroatoms. The summed E-state index contributed by atoms with van der Waals surface area (Å²) in [6, 6.07) is -0.945. The topological polar surface area (TPSA) is 107 Å². The Morgan fingerprint density at radius 1 is 1.29 bits per heavy atom. The lowest BCUT2D eigenvalue weighted by molar-refractivity contribution is -0.659. The van der Waals surface area contributed by atoms with Gasteiger partial charge in [-0.2, -0.15) is 0 Å². The van der Waals surface area contributed by atoms with Gasteiger partial charge in [-0.25, -0.2) is 0 Å². The molecular weight excluding hydrogens is 242 g/mol. The Balaban J connectivity index is 3.13. The Hall–Kier alpha value is -2.16. The van der Waals surface area contributed by atoms with Crippen molar-refractivity contribution in [1.82, 2.24) is 0 Å². The number of halogens is 2. The Morgan fingerprint density at radius 3 is 2.35 bits per heavy atom. The first-order valence-electron chi connectivity index (χ1n) is 4.21. The van der Waals surface area contributed by atoms with E-state index in [9.17, 15) is 29.0 Å². The van der Waals surface area contributed by atoms with Gasteiger partial charge >= 0.3 is 6.05 Å². The molecular formula is C8H6F2N2O5. The smallest absolute Gasteiger partial charge is 0.376 e. The third-order valence-electron chi connectivity index (χ3n) is 1.97. The summed E-state index contributed by atoms with van der Waals surface area (Å²) in [5.74, 6) is 0. The van der Waals surface area contributed by atoms with Gasteiger partial charge in [0.15, 0.2) is 0 Å². The van der Waals surface area contributed by atoms with Crippen molar-refractivity contribution in [3.05, 3.63) is 50.1 Å². The second kappa shape index (κ2) is 4.37. The summed E-state index contributed by atoms with van der Waals surface area (Å²) in [5.41, 5.74) is -1.14. The molecule has 0 aromatic heterocycles. The van der Waals surface area contributed by atoms with Crippen LogP contribution in [-0.2, 0) is 0 Å². The van der Waals surface area contributed by atoms with Gasteiger partial charge in [0.2, 0.25) is 6.10 Å². The molecule has 0 fully saturated rings. The SMILES string of the molecule is O=[N+]([O-])c1cccc(C(O)C(F)(F)[N+](=O)[O-])c1. The minimum atomic E-state index is -4.60. The predicted octanol–water partition coefficient (Wildman–Crippen LogP) is 1.50. The first kappa shape index (κ1) is 12.9. The Morgan fingerprint density at radius 2 is 1.88 bits per heavy atom. The summed E-state index contributed by atoms with van der Waals surface area (Å²) in [5, 5.41) is 29.5. The number of non-ortho nitro benzene ring substituents is 1. The van der Waals surface area contributed by atoms with Crippen LogP contribution in [0.3, 0.4) is 0 Å². The number of benzene rings is 1. The number of nitro benzene ring substituents is 1. The molecule has 7 nitrogen and oxygen atoms in total. The number of hydrogen-bond donors (Lipinski definition) is 1. The van der Waals surface area contributed by atoms with Crippen LogP contribution in [0.1, 0.15) is 11.7 Å². The van der Waals surface area contributed by atoms with Crippen LogP contribution in [-0.4, -0.2) is 21.0 Å². The zero-order chi connectivity index (χ0) is 13.2. The number of aliphatic hydroxyl groups excluding tert-OH is 1. The van der Waals surface area contributed by atoms with Gasteiger partial charge in [-0.1, -0.05) is 12.1 Å². The maximum absolute atomic E-state index is 12.8. The average molecular weight is 248 g/mol. The Kier molecular flexibility index (Phi) is 3.32. The standard InChI is InChI=1S/C8H6F2N2O5/c9-8(10,12(16)17)7(13)5-2-1-3-6(4-5)11(14)15/h1-4,7,13H. The van der Waals surface area contributed by atoms with Crippen LogP contribution in [0.5, 0.6) is 0 Å². The quantitative estimate of drug-likeness (QED) is 0.493. The third-order valence-corrected chi connectivity index (χ3v) is 1.97. The molecule has 0 aliphatic heterocycles. The van der Waals surface area contributed by atoms with Crippen LogP contribution in [0, 0.1) is 20.2 Å². The molecule has 0 heterocycles. The van der Waals surface area contributed by atoms with E-state index in [-0.39, 0.29) is 0 Å². The van der Waals surface area contributed by atoms with Gasteiger partial charge in [0.05, 0.1) is 9.85 Å². The lowest BCUT2D eigenvalue weighted by atomic mass is 10.1. The molecule has 92 valence electrons. The van der Waals surface area contributed by atoms with E-state index < -0.39 is 33.2 Å². The fraction of sp³-hybridized carbons (Fsp3) is 0.250. The molecule has 17 heavy (non-hydrogen) atoms. The zero-order valence-electron chi connectivity index (χ0n) is 8.12. The van der Waals surface area contributed by atoms with E-state index in [1.54, 1.807) is 0 Å². The Labute approximate surface area is 92.6 Å². The van der Waals surface area contributed by atoms with Gasteiger partial charge < -0.3 is 5.11 Å². The number of alkyl halides is 2. The van der Waals surface area contributed by atoms with Gasteiger partial charge in [0.1, 0.15) is 0 Å². The summed E-state index contributed by atoms with van der Waals surface area (Å²) in [4.78, 5) is 17.6. The number of hydrogen-bond acceptors (Lipinski definition) is 5. The molecule has 0 saturated heterocycles. The second-order valence-corrected chi connectivity index (χ2v) is 3.10. The van der Waals surface area contributed by atoms with E-state index in [1.807, 2.05) is 0 Å². The normalized spacial score (nSPS) is 13.1. The van der Waals surface area contributed by atoms with E-state index in [2.05, 4.69) is 0 Å². The lowest BCUT2D eigenvalue weighted by Crippen LogP contribution is -2.35. The maximum atomic E-state index is 12.8. The van der Waals surface area contributed by atoms with Gasteiger partial charge in [0.25, 0.3) is 5.69 Å². The van der Waals surface area contributed by atoms with Crippen LogP contribution >= 0.6 is 0 Å². The first-order chi connectivity index (χ1) is 7.76. The number of nitro groups is 2. The molecule has 0 aliphatic rings. The molecule has 1 N–H and O–H groups in total. The van der Waals surface area contributed by atoms with E-state index >= 15 is 0 Å². The van der Waals surface area contributed by atoms with Crippen molar-refractivity contribution in [3.8, 4) is 0 Å². The average Bonchev–Trinajstić information content (AvgIpc) is 2.27. The molecule has 0 amide bonds. The molecule has 0 bridgehead atoms. The molecule has 1 atom stereocenters. The monoisotopic (exact) mass is 248 g/mol. The van der Waals surface area contributed by atoms with E-state index in [0.29, 0.717) is 6.07 Å². The second-order valence-electron chi connectivity index (χ2n) is 3.10. The lowest BCUT2D eigenvalue weighted by Gasteiger charge is -2.14. The highest BCUT2D eigenvalue weighted by Crippen LogP contribution is 2.32. The number of rotatable bonds is 4. The molecule has 1 aromatic rings. The molecule has 0 spiro atoms. The minimum Gasteiger partial charge on any atom is -0.376 e. The van der Waals surface area contributed by atoms with Crippen molar-refractivity contribution in [2.75, 3.05) is 0 Å². The van der Waals surface area contributed by atoms with Crippen molar-refractivity contribution < 1.29 is 23.7 Å². The van der Waals surface area contributed by atoms with Crippen molar-refractivity contribution in [1.29, 1.82) is 0 Å². The van der Waals surface area contributed by atoms with Crippen molar-refractivity contribution in [2.45, 2.75) is 12.2 Å². The summed E-state index contributed by atoms with van der Waals surface area (Å²) >= 11 is 0. The zero-order valence-corrected chi connectivity index (χ0v) is 8.12. The van der Waals surface area contributed by atoms with Gasteiger partial charge in [0, 0.05) is 17.7 Å². The highest BCUT2D eigenvalue weighted by atomic mass is 19.3. The van der Waals surface area contributed by atoms with E-state index in [1.165, 1.54) is 0 Å². The molecule has 0 aliphatic carbocycles. The number of nitrogens with zero attached hydrogens (tertiary/aromatic N) is 2. The largest absolute Gasteiger partial charge is 0.541 e. The van der Waals surface area contributed by atoms with Gasteiger partial charge in [-0.3, -0.25) is 20.2 Å². The van der Waals surface area contributed by atoms with Crippen LogP contribution in [0.25, 0.3) is 0 Å². The highest BCUT2D eigenvalue weighted by molar-refractivity contribution is 5.35. The van der Waals surface area contributed by atoms with Gasteiger partial charge in [-0.15, -0.1) is 8.78 Å². The van der Waals surface area contributed by atoms with Crippen LogP contribution in [0.2, 0.25) is 0 Å². The van der Waals surface area contributed by atoms with Crippen LogP contribution in [0.4, 0.5) is 14.5 Å². The van der Waals surface area contributed by atoms with E-state index in [4.69, 9.17) is 5.11 Å². The summed E-state index contributed by atoms with van der Waals surface area (Å²) in [6.07, 6.45) is -2.74. The number of aliphatic hydroxyl groups is 1. The van der Waals surface area contributed by atoms with Gasteiger partial charge in [-0.05, 0) is 0 Å². The van der Waals surface area contributed by atoms with Crippen molar-refractivity contribution in [2.24, 2.45) is 0 Å².